The van der Waals surface area contributed by atoms with Gasteiger partial charge in [0.2, 0.25) is 0 Å². The summed E-state index contributed by atoms with van der Waals surface area (Å²) in [6.07, 6.45) is 0. The van der Waals surface area contributed by atoms with Gasteiger partial charge in [0.15, 0.2) is 5.11 Å². The topological polar surface area (TPSA) is 68.5 Å². The normalized spacial score (nSPS) is 10.1. The second kappa shape index (κ2) is 8.61. The van der Waals surface area contributed by atoms with Crippen LogP contribution >= 0.6 is 23.8 Å². The number of thiocarbonyl (C=S) groups is 1. The molecular weight excluding hydrogens is 346 g/mol. The van der Waals surface area contributed by atoms with Gasteiger partial charge in [0.25, 0.3) is 0 Å². The zero-order chi connectivity index (χ0) is 17.5. The first-order valence-corrected chi connectivity index (χ1v) is 8.34. The molecule has 5 nitrogen and oxygen atoms in total. The van der Waals surface area contributed by atoms with E-state index in [1.54, 1.807) is 24.3 Å². The Morgan fingerprint density at radius 2 is 1.67 bits per heavy atom. The van der Waals surface area contributed by atoms with Crippen molar-refractivity contribution >= 4 is 46.0 Å². The number of hydrogen-bond acceptors (Lipinski definition) is 4. The molecule has 0 aliphatic rings. The molecule has 4 N–H and O–H groups in total. The fourth-order valence-corrected chi connectivity index (χ4v) is 2.47. The molecule has 0 amide bonds. The van der Waals surface area contributed by atoms with Gasteiger partial charge < -0.3 is 25.8 Å². The van der Waals surface area contributed by atoms with Crippen LogP contribution in [-0.2, 0) is 0 Å². The summed E-state index contributed by atoms with van der Waals surface area (Å²) in [5.41, 5.74) is 7.86. The molecule has 0 bridgehead atoms. The van der Waals surface area contributed by atoms with Gasteiger partial charge in [-0.05, 0) is 56.4 Å². The molecule has 0 fully saturated rings. The van der Waals surface area contributed by atoms with E-state index in [2.05, 4.69) is 10.6 Å². The summed E-state index contributed by atoms with van der Waals surface area (Å²) in [7, 11) is 0. The Morgan fingerprint density at radius 1 is 1.04 bits per heavy atom. The lowest BCUT2D eigenvalue weighted by Gasteiger charge is -2.16. The Kier molecular flexibility index (Phi) is 6.52. The molecular formula is C17H20ClN3O2S. The molecule has 0 saturated heterocycles. The van der Waals surface area contributed by atoms with E-state index in [4.69, 9.17) is 39.0 Å². The fraction of sp³-hybridized carbons (Fsp3) is 0.235. The highest BCUT2D eigenvalue weighted by molar-refractivity contribution is 7.80. The van der Waals surface area contributed by atoms with Crippen LogP contribution in [0.4, 0.5) is 17.1 Å². The van der Waals surface area contributed by atoms with E-state index in [0.29, 0.717) is 46.2 Å². The molecule has 2 rings (SSSR count). The smallest absolute Gasteiger partial charge is 0.175 e. The first-order chi connectivity index (χ1) is 11.5. The third kappa shape index (κ3) is 4.91. The lowest BCUT2D eigenvalue weighted by molar-refractivity contribution is 0.324. The van der Waals surface area contributed by atoms with Gasteiger partial charge in [-0.15, -0.1) is 0 Å². The molecule has 2 aromatic rings. The van der Waals surface area contributed by atoms with Crippen molar-refractivity contribution < 1.29 is 9.47 Å². The van der Waals surface area contributed by atoms with Gasteiger partial charge in [-0.25, -0.2) is 0 Å². The van der Waals surface area contributed by atoms with Crippen LogP contribution in [0.25, 0.3) is 0 Å². The van der Waals surface area contributed by atoms with Crippen LogP contribution in [0.1, 0.15) is 13.8 Å². The molecule has 2 aromatic carbocycles. The zero-order valence-electron chi connectivity index (χ0n) is 13.6. The molecule has 0 aromatic heterocycles. The van der Waals surface area contributed by atoms with Crippen LogP contribution in [0, 0.1) is 0 Å². The molecule has 0 atom stereocenters. The maximum atomic E-state index is 6.24. The highest BCUT2D eigenvalue weighted by atomic mass is 35.5. The molecule has 128 valence electrons. The third-order valence-corrected chi connectivity index (χ3v) is 3.55. The molecule has 0 heterocycles. The van der Waals surface area contributed by atoms with Crippen molar-refractivity contribution in [3.63, 3.8) is 0 Å². The monoisotopic (exact) mass is 365 g/mol. The first kappa shape index (κ1) is 18.2. The summed E-state index contributed by atoms with van der Waals surface area (Å²) in [5.74, 6) is 1.19. The lowest BCUT2D eigenvalue weighted by Crippen LogP contribution is -2.19. The number of nitrogens with two attached hydrogens (primary N) is 1. The van der Waals surface area contributed by atoms with Gasteiger partial charge >= 0.3 is 0 Å². The van der Waals surface area contributed by atoms with Gasteiger partial charge in [-0.2, -0.15) is 0 Å². The SMILES string of the molecule is CCOc1cc(OCC)c(NC(=S)Nc2ccc(N)cc2)cc1Cl. The average molecular weight is 366 g/mol. The third-order valence-electron chi connectivity index (χ3n) is 3.05. The average Bonchev–Trinajstić information content (AvgIpc) is 2.54. The van der Waals surface area contributed by atoms with Gasteiger partial charge in [-0.1, -0.05) is 11.6 Å². The number of nitrogens with one attached hydrogen (secondary N) is 2. The van der Waals surface area contributed by atoms with E-state index in [0.717, 1.165) is 5.69 Å². The number of anilines is 3. The van der Waals surface area contributed by atoms with Crippen LogP contribution in [0.2, 0.25) is 5.02 Å². The minimum absolute atomic E-state index is 0.418. The Hall–Kier alpha value is -2.18. The van der Waals surface area contributed by atoms with Gasteiger partial charge in [0.05, 0.1) is 23.9 Å². The van der Waals surface area contributed by atoms with E-state index < -0.39 is 0 Å². The second-order valence-electron chi connectivity index (χ2n) is 4.85. The summed E-state index contributed by atoms with van der Waals surface area (Å²) in [4.78, 5) is 0. The molecule has 0 spiro atoms. The van der Waals surface area contributed by atoms with Crippen LogP contribution in [-0.4, -0.2) is 18.3 Å². The van der Waals surface area contributed by atoms with E-state index in [9.17, 15) is 0 Å². The minimum Gasteiger partial charge on any atom is -0.492 e. The number of rotatable bonds is 6. The number of ether oxygens (including phenoxy) is 2. The number of halogens is 1. The molecule has 0 unspecified atom stereocenters. The van der Waals surface area contributed by atoms with Gasteiger partial charge in [-0.3, -0.25) is 0 Å². The second-order valence-corrected chi connectivity index (χ2v) is 5.66. The first-order valence-electron chi connectivity index (χ1n) is 7.56. The standard InChI is InChI=1S/C17H20ClN3O2S/c1-3-22-15-10-16(23-4-2)14(9-13(15)18)21-17(24)20-12-7-5-11(19)6-8-12/h5-10H,3-4,19H2,1-2H3,(H2,20,21,24). The number of hydrogen-bond donors (Lipinski definition) is 3. The quantitative estimate of drug-likeness (QED) is 0.516. The van der Waals surface area contributed by atoms with Gasteiger partial charge in [0.1, 0.15) is 11.5 Å². The predicted molar refractivity (Wildman–Crippen MR) is 104 cm³/mol. The van der Waals surface area contributed by atoms with Crippen LogP contribution in [0.15, 0.2) is 36.4 Å². The zero-order valence-corrected chi connectivity index (χ0v) is 15.1. The summed E-state index contributed by atoms with van der Waals surface area (Å²) >= 11 is 11.6. The van der Waals surface area contributed by atoms with Crippen molar-refractivity contribution in [2.24, 2.45) is 0 Å². The number of benzene rings is 2. The van der Waals surface area contributed by atoms with Crippen molar-refractivity contribution in [1.82, 2.24) is 0 Å². The lowest BCUT2D eigenvalue weighted by atomic mass is 10.2. The Bertz CT molecular complexity index is 708. The Balaban J connectivity index is 2.16. The van der Waals surface area contributed by atoms with Crippen molar-refractivity contribution in [2.75, 3.05) is 29.6 Å². The van der Waals surface area contributed by atoms with Crippen molar-refractivity contribution in [2.45, 2.75) is 13.8 Å². The largest absolute Gasteiger partial charge is 0.492 e. The van der Waals surface area contributed by atoms with Crippen LogP contribution < -0.4 is 25.8 Å². The maximum absolute atomic E-state index is 6.24. The van der Waals surface area contributed by atoms with E-state index in [-0.39, 0.29) is 0 Å². The molecule has 24 heavy (non-hydrogen) atoms. The van der Waals surface area contributed by atoms with Gasteiger partial charge in [0, 0.05) is 17.4 Å². The Morgan fingerprint density at radius 3 is 2.29 bits per heavy atom. The highest BCUT2D eigenvalue weighted by Crippen LogP contribution is 2.36. The highest BCUT2D eigenvalue weighted by Gasteiger charge is 2.12. The van der Waals surface area contributed by atoms with Crippen LogP contribution in [0.3, 0.4) is 0 Å². The summed E-state index contributed by atoms with van der Waals surface area (Å²) in [6.45, 7) is 4.84. The molecule has 0 aliphatic heterocycles. The Labute approximate surface area is 152 Å². The fourth-order valence-electron chi connectivity index (χ4n) is 2.02. The van der Waals surface area contributed by atoms with E-state index >= 15 is 0 Å². The molecule has 0 radical (unpaired) electrons. The van der Waals surface area contributed by atoms with Crippen molar-refractivity contribution in [3.05, 3.63) is 41.4 Å². The summed E-state index contributed by atoms with van der Waals surface area (Å²) in [6, 6.07) is 10.8. The molecule has 0 aliphatic carbocycles. The maximum Gasteiger partial charge on any atom is 0.175 e. The van der Waals surface area contributed by atoms with E-state index in [1.807, 2.05) is 26.0 Å². The van der Waals surface area contributed by atoms with Crippen LogP contribution in [0.5, 0.6) is 11.5 Å². The minimum atomic E-state index is 0.418. The summed E-state index contributed by atoms with van der Waals surface area (Å²) < 4.78 is 11.1. The summed E-state index contributed by atoms with van der Waals surface area (Å²) in [5, 5.41) is 7.08. The number of nitrogen functional groups attached to an aromatic ring is 1. The predicted octanol–water partition coefficient (Wildman–Crippen LogP) is 4.53. The molecule has 7 heteroatoms. The van der Waals surface area contributed by atoms with Crippen molar-refractivity contribution in [3.8, 4) is 11.5 Å². The van der Waals surface area contributed by atoms with E-state index in [1.165, 1.54) is 0 Å². The van der Waals surface area contributed by atoms with Crippen molar-refractivity contribution in [1.29, 1.82) is 0 Å². The molecule has 0 saturated carbocycles.